The molecule has 1 heterocycles. The number of rotatable bonds is 14. The maximum Gasteiger partial charge on any atom is 0.227 e. The Kier molecular flexibility index (Phi) is 10.1. The van der Waals surface area contributed by atoms with Crippen molar-refractivity contribution in [3.8, 4) is 23.1 Å². The van der Waals surface area contributed by atoms with Crippen LogP contribution < -0.4 is 9.47 Å². The van der Waals surface area contributed by atoms with Crippen molar-refractivity contribution < 1.29 is 19.3 Å². The first-order valence-corrected chi connectivity index (χ1v) is 12.4. The molecule has 7 heteroatoms. The van der Waals surface area contributed by atoms with Crippen LogP contribution in [0.25, 0.3) is 5.69 Å². The van der Waals surface area contributed by atoms with Crippen molar-refractivity contribution >= 4 is 0 Å². The van der Waals surface area contributed by atoms with Crippen LogP contribution in [0.5, 0.6) is 17.4 Å². The van der Waals surface area contributed by atoms with Crippen LogP contribution in [0.2, 0.25) is 0 Å². The van der Waals surface area contributed by atoms with Gasteiger partial charge in [-0.3, -0.25) is 4.90 Å². The van der Waals surface area contributed by atoms with E-state index in [2.05, 4.69) is 39.2 Å². The first-order valence-electron chi connectivity index (χ1n) is 12.4. The van der Waals surface area contributed by atoms with Gasteiger partial charge in [-0.25, -0.2) is 4.68 Å². The molecule has 1 atom stereocenters. The predicted octanol–water partition coefficient (Wildman–Crippen LogP) is 5.57. The molecule has 0 saturated heterocycles. The van der Waals surface area contributed by atoms with Crippen molar-refractivity contribution in [3.05, 3.63) is 78.5 Å². The third-order valence-electron chi connectivity index (χ3n) is 5.87. The molecule has 0 saturated carbocycles. The molecular formula is C29H39N3O4. The number of aromatic nitrogens is 2. The lowest BCUT2D eigenvalue weighted by Gasteiger charge is -2.29. The van der Waals surface area contributed by atoms with E-state index in [4.69, 9.17) is 19.3 Å². The zero-order valence-electron chi connectivity index (χ0n) is 22.1. The van der Waals surface area contributed by atoms with Crippen LogP contribution in [0.15, 0.2) is 67.3 Å². The number of methoxy groups -OCH3 is 1. The lowest BCUT2D eigenvalue weighted by molar-refractivity contribution is 0.0176. The molecule has 36 heavy (non-hydrogen) atoms. The Bertz CT molecular complexity index is 1080. The number of para-hydroxylation sites is 1. The SMILES string of the molecule is C=CCOC[C@H](O)CN(Cc1c(C(C)C)nn(-c2ccc(OC)cc2)c1Oc1ccccc1)C(C)C. The second kappa shape index (κ2) is 13.3. The highest BCUT2D eigenvalue weighted by Crippen LogP contribution is 2.35. The minimum absolute atomic E-state index is 0.174. The summed E-state index contributed by atoms with van der Waals surface area (Å²) in [5.74, 6) is 2.35. The topological polar surface area (TPSA) is 69.0 Å². The zero-order valence-corrected chi connectivity index (χ0v) is 22.1. The van der Waals surface area contributed by atoms with Crippen LogP contribution in [-0.4, -0.2) is 58.8 Å². The lowest BCUT2D eigenvalue weighted by Crippen LogP contribution is -2.39. The Labute approximate surface area is 214 Å². The summed E-state index contributed by atoms with van der Waals surface area (Å²) in [6.07, 6.45) is 1.06. The van der Waals surface area contributed by atoms with Crippen molar-refractivity contribution in [2.45, 2.75) is 52.3 Å². The highest BCUT2D eigenvalue weighted by molar-refractivity contribution is 5.46. The van der Waals surface area contributed by atoms with Gasteiger partial charge in [0.15, 0.2) is 0 Å². The summed E-state index contributed by atoms with van der Waals surface area (Å²) in [7, 11) is 1.65. The summed E-state index contributed by atoms with van der Waals surface area (Å²) in [6.45, 7) is 13.9. The molecule has 2 aromatic carbocycles. The molecule has 0 aliphatic rings. The Balaban J connectivity index is 2.03. The maximum atomic E-state index is 10.6. The largest absolute Gasteiger partial charge is 0.497 e. The summed E-state index contributed by atoms with van der Waals surface area (Å²) in [4.78, 5) is 2.22. The van der Waals surface area contributed by atoms with E-state index in [0.717, 1.165) is 28.4 Å². The monoisotopic (exact) mass is 493 g/mol. The number of hydrogen-bond donors (Lipinski definition) is 1. The molecular weight excluding hydrogens is 454 g/mol. The Hall–Kier alpha value is -3.13. The van der Waals surface area contributed by atoms with Crippen LogP contribution >= 0.6 is 0 Å². The minimum atomic E-state index is -0.620. The van der Waals surface area contributed by atoms with Gasteiger partial charge in [0.1, 0.15) is 11.5 Å². The smallest absolute Gasteiger partial charge is 0.227 e. The van der Waals surface area contributed by atoms with Crippen LogP contribution in [-0.2, 0) is 11.3 Å². The molecule has 3 aromatic rings. The van der Waals surface area contributed by atoms with E-state index < -0.39 is 6.10 Å². The molecule has 0 radical (unpaired) electrons. The summed E-state index contributed by atoms with van der Waals surface area (Å²) in [5.41, 5.74) is 2.83. The van der Waals surface area contributed by atoms with Gasteiger partial charge in [-0.15, -0.1) is 6.58 Å². The molecule has 0 unspecified atom stereocenters. The van der Waals surface area contributed by atoms with Crippen molar-refractivity contribution in [2.75, 3.05) is 26.9 Å². The first-order chi connectivity index (χ1) is 17.3. The lowest BCUT2D eigenvalue weighted by atomic mass is 10.0. The number of ether oxygens (including phenoxy) is 3. The van der Waals surface area contributed by atoms with E-state index in [-0.39, 0.29) is 18.6 Å². The normalized spacial score (nSPS) is 12.4. The second-order valence-corrected chi connectivity index (χ2v) is 9.35. The van der Waals surface area contributed by atoms with E-state index in [0.29, 0.717) is 25.6 Å². The highest BCUT2D eigenvalue weighted by Gasteiger charge is 2.26. The molecule has 0 fully saturated rings. The zero-order chi connectivity index (χ0) is 26.1. The van der Waals surface area contributed by atoms with Crippen LogP contribution in [0.4, 0.5) is 0 Å². The van der Waals surface area contributed by atoms with Gasteiger partial charge in [0, 0.05) is 19.1 Å². The second-order valence-electron chi connectivity index (χ2n) is 9.35. The van der Waals surface area contributed by atoms with Gasteiger partial charge < -0.3 is 19.3 Å². The van der Waals surface area contributed by atoms with Crippen LogP contribution in [0, 0.1) is 0 Å². The first kappa shape index (κ1) is 27.5. The van der Waals surface area contributed by atoms with E-state index in [1.165, 1.54) is 0 Å². The molecule has 194 valence electrons. The summed E-state index contributed by atoms with van der Waals surface area (Å²) in [6, 6.07) is 17.7. The third kappa shape index (κ3) is 7.20. The number of aliphatic hydroxyl groups excluding tert-OH is 1. The molecule has 1 aromatic heterocycles. The molecule has 0 bridgehead atoms. The van der Waals surface area contributed by atoms with Gasteiger partial charge in [-0.1, -0.05) is 38.1 Å². The fraction of sp³-hybridized carbons (Fsp3) is 0.414. The Morgan fingerprint density at radius 2 is 1.72 bits per heavy atom. The molecule has 0 spiro atoms. The van der Waals surface area contributed by atoms with Gasteiger partial charge >= 0.3 is 0 Å². The van der Waals surface area contributed by atoms with Crippen molar-refractivity contribution in [2.24, 2.45) is 0 Å². The van der Waals surface area contributed by atoms with E-state index in [1.54, 1.807) is 13.2 Å². The molecule has 1 N–H and O–H groups in total. The average Bonchev–Trinajstić information content (AvgIpc) is 3.22. The quantitative estimate of drug-likeness (QED) is 0.234. The molecule has 0 aliphatic carbocycles. The van der Waals surface area contributed by atoms with E-state index >= 15 is 0 Å². The highest BCUT2D eigenvalue weighted by atomic mass is 16.5. The van der Waals surface area contributed by atoms with Crippen LogP contribution in [0.1, 0.15) is 44.9 Å². The summed E-state index contributed by atoms with van der Waals surface area (Å²) in [5, 5.41) is 15.6. The van der Waals surface area contributed by atoms with Gasteiger partial charge in [0.05, 0.1) is 43.4 Å². The number of aliphatic hydroxyl groups is 1. The van der Waals surface area contributed by atoms with Gasteiger partial charge in [0.2, 0.25) is 5.88 Å². The molecule has 3 rings (SSSR count). The number of nitrogens with zero attached hydrogens (tertiary/aromatic N) is 3. The van der Waals surface area contributed by atoms with Crippen molar-refractivity contribution in [1.82, 2.24) is 14.7 Å². The standard InChI is InChI=1S/C29H39N3O4/c1-7-17-35-20-24(33)18-31(22(4)5)19-27-28(21(2)3)30-32(23-13-15-25(34-6)16-14-23)29(27)36-26-11-9-8-10-12-26/h7-16,21-22,24,33H,1,17-20H2,2-6H3/t24-/m1/s1. The van der Waals surface area contributed by atoms with Gasteiger partial charge in [-0.2, -0.15) is 5.10 Å². The third-order valence-corrected chi connectivity index (χ3v) is 5.87. The predicted molar refractivity (Wildman–Crippen MR) is 143 cm³/mol. The number of hydrogen-bond acceptors (Lipinski definition) is 6. The van der Waals surface area contributed by atoms with Crippen LogP contribution in [0.3, 0.4) is 0 Å². The van der Waals surface area contributed by atoms with Crippen molar-refractivity contribution in [1.29, 1.82) is 0 Å². The maximum absolute atomic E-state index is 10.6. The average molecular weight is 494 g/mol. The van der Waals surface area contributed by atoms with Gasteiger partial charge in [0.25, 0.3) is 0 Å². The Morgan fingerprint density at radius 1 is 1.03 bits per heavy atom. The number of benzene rings is 2. The van der Waals surface area contributed by atoms with E-state index in [1.807, 2.05) is 59.3 Å². The summed E-state index contributed by atoms with van der Waals surface area (Å²) >= 11 is 0. The van der Waals surface area contributed by atoms with Gasteiger partial charge in [-0.05, 0) is 56.2 Å². The molecule has 0 aliphatic heterocycles. The van der Waals surface area contributed by atoms with E-state index in [9.17, 15) is 5.11 Å². The fourth-order valence-electron chi connectivity index (χ4n) is 3.94. The Morgan fingerprint density at radius 3 is 2.31 bits per heavy atom. The van der Waals surface area contributed by atoms with Crippen molar-refractivity contribution in [3.63, 3.8) is 0 Å². The summed E-state index contributed by atoms with van der Waals surface area (Å²) < 4.78 is 19.2. The molecule has 7 nitrogen and oxygen atoms in total. The minimum Gasteiger partial charge on any atom is -0.497 e. The fourth-order valence-corrected chi connectivity index (χ4v) is 3.94. The molecule has 0 amide bonds.